The van der Waals surface area contributed by atoms with Gasteiger partial charge in [-0.2, -0.15) is 0 Å². The molecule has 0 radical (unpaired) electrons. The van der Waals surface area contributed by atoms with Crippen LogP contribution in [0.5, 0.6) is 0 Å². The first-order valence-corrected chi connectivity index (χ1v) is 8.88. The first-order chi connectivity index (χ1) is 12.4. The largest absolute Gasteiger partial charge is 0.382 e. The Morgan fingerprint density at radius 3 is 2.42 bits per heavy atom. The molecule has 0 aliphatic rings. The summed E-state index contributed by atoms with van der Waals surface area (Å²) in [4.78, 5) is 9.16. The van der Waals surface area contributed by atoms with Gasteiger partial charge in [-0.15, -0.1) is 5.10 Å². The molecule has 0 saturated carbocycles. The third-order valence-corrected chi connectivity index (χ3v) is 4.53. The van der Waals surface area contributed by atoms with Gasteiger partial charge >= 0.3 is 0 Å². The van der Waals surface area contributed by atoms with Crippen LogP contribution in [0.1, 0.15) is 41.9 Å². The van der Waals surface area contributed by atoms with E-state index in [0.29, 0.717) is 23.8 Å². The Morgan fingerprint density at radius 1 is 1.12 bits per heavy atom. The van der Waals surface area contributed by atoms with E-state index in [2.05, 4.69) is 65.4 Å². The lowest BCUT2D eigenvalue weighted by Gasteiger charge is -2.15. The molecular weight excluding hydrogens is 328 g/mol. The topological polar surface area (TPSA) is 77.8 Å². The second kappa shape index (κ2) is 7.37. The van der Waals surface area contributed by atoms with Crippen molar-refractivity contribution in [1.82, 2.24) is 25.0 Å². The quantitative estimate of drug-likeness (QED) is 0.725. The fraction of sp³-hybridized carbons (Fsp3) is 0.474. The zero-order chi connectivity index (χ0) is 18.8. The molecule has 1 N–H and O–H groups in total. The average molecular weight is 354 g/mol. The van der Waals surface area contributed by atoms with Crippen molar-refractivity contribution in [1.29, 1.82) is 0 Å². The van der Waals surface area contributed by atoms with Crippen molar-refractivity contribution in [2.24, 2.45) is 0 Å². The molecule has 26 heavy (non-hydrogen) atoms. The Labute approximate surface area is 153 Å². The zero-order valence-electron chi connectivity index (χ0n) is 16.3. The summed E-state index contributed by atoms with van der Waals surface area (Å²) in [5.74, 6) is 1.36. The second-order valence-electron chi connectivity index (χ2n) is 6.74. The fourth-order valence-electron chi connectivity index (χ4n) is 3.32. The maximum Gasteiger partial charge on any atom is 0.184 e. The monoisotopic (exact) mass is 354 g/mol. The third-order valence-electron chi connectivity index (χ3n) is 4.53. The van der Waals surface area contributed by atoms with Crippen LogP contribution >= 0.6 is 0 Å². The van der Waals surface area contributed by atoms with Gasteiger partial charge in [0.25, 0.3) is 0 Å². The molecule has 7 heteroatoms. The molecule has 0 unspecified atom stereocenters. The van der Waals surface area contributed by atoms with Gasteiger partial charge in [0.15, 0.2) is 17.0 Å². The van der Waals surface area contributed by atoms with E-state index in [1.807, 2.05) is 11.6 Å². The highest BCUT2D eigenvalue weighted by atomic mass is 16.5. The molecule has 0 saturated heterocycles. The normalized spacial score (nSPS) is 12.5. The van der Waals surface area contributed by atoms with Gasteiger partial charge in [0.2, 0.25) is 0 Å². The van der Waals surface area contributed by atoms with Crippen molar-refractivity contribution in [3.8, 4) is 0 Å². The fourth-order valence-corrected chi connectivity index (χ4v) is 3.32. The number of hydrogen-bond donors (Lipinski definition) is 1. The van der Waals surface area contributed by atoms with E-state index in [4.69, 9.17) is 4.74 Å². The molecule has 1 aromatic carbocycles. The number of anilines is 2. The van der Waals surface area contributed by atoms with Crippen LogP contribution in [-0.2, 0) is 4.74 Å². The number of aryl methyl sites for hydroxylation is 4. The highest BCUT2D eigenvalue weighted by molar-refractivity contribution is 5.85. The minimum atomic E-state index is 0.0926. The van der Waals surface area contributed by atoms with E-state index in [9.17, 15) is 0 Å². The van der Waals surface area contributed by atoms with Crippen molar-refractivity contribution in [2.75, 3.05) is 19.0 Å². The van der Waals surface area contributed by atoms with Crippen LogP contribution in [0.15, 0.2) is 12.1 Å². The Kier molecular flexibility index (Phi) is 5.18. The van der Waals surface area contributed by atoms with Crippen LogP contribution in [0.4, 0.5) is 11.5 Å². The maximum absolute atomic E-state index is 5.32. The van der Waals surface area contributed by atoms with Crippen LogP contribution in [-0.4, -0.2) is 38.7 Å². The molecule has 2 heterocycles. The number of nitrogens with one attached hydrogen (secondary N) is 1. The molecule has 0 spiro atoms. The molecule has 138 valence electrons. The molecular formula is C19H26N6O. The van der Waals surface area contributed by atoms with Crippen molar-refractivity contribution >= 4 is 22.7 Å². The molecule has 0 amide bonds. The van der Waals surface area contributed by atoms with Crippen molar-refractivity contribution < 1.29 is 4.74 Å². The minimum absolute atomic E-state index is 0.0926. The summed E-state index contributed by atoms with van der Waals surface area (Å²) < 4.78 is 7.16. The number of methoxy groups -OCH3 is 1. The van der Waals surface area contributed by atoms with Gasteiger partial charge in [-0.3, -0.25) is 0 Å². The average Bonchev–Trinajstić information content (AvgIpc) is 2.99. The summed E-state index contributed by atoms with van der Waals surface area (Å²) in [6, 6.07) is 4.40. The molecule has 3 rings (SSSR count). The van der Waals surface area contributed by atoms with Crippen molar-refractivity contribution in [3.05, 3.63) is 34.6 Å². The van der Waals surface area contributed by atoms with Gasteiger partial charge in [0.05, 0.1) is 12.6 Å². The summed E-state index contributed by atoms with van der Waals surface area (Å²) in [6.45, 7) is 10.8. The molecule has 0 bridgehead atoms. The number of rotatable bonds is 6. The molecule has 1 atom stereocenters. The Bertz CT molecular complexity index is 910. The summed E-state index contributed by atoms with van der Waals surface area (Å²) in [7, 11) is 1.69. The lowest BCUT2D eigenvalue weighted by molar-refractivity contribution is 0.148. The van der Waals surface area contributed by atoms with Gasteiger partial charge in [0.1, 0.15) is 5.82 Å². The molecule has 7 nitrogen and oxygen atoms in total. The number of hydrogen-bond acceptors (Lipinski definition) is 6. The third kappa shape index (κ3) is 3.39. The smallest absolute Gasteiger partial charge is 0.184 e. The van der Waals surface area contributed by atoms with Gasteiger partial charge in [0, 0.05) is 12.8 Å². The van der Waals surface area contributed by atoms with E-state index in [0.717, 1.165) is 17.8 Å². The Morgan fingerprint density at radius 2 is 1.81 bits per heavy atom. The van der Waals surface area contributed by atoms with E-state index in [-0.39, 0.29) is 6.04 Å². The van der Waals surface area contributed by atoms with Gasteiger partial charge < -0.3 is 10.1 Å². The number of benzene rings is 1. The summed E-state index contributed by atoms with van der Waals surface area (Å²) >= 11 is 0. The highest BCUT2D eigenvalue weighted by Crippen LogP contribution is 2.29. The SMILES string of the molecule is CC[C@H](COC)n1nnc2c(Nc3c(C)cc(C)cc3C)nc(C)nc21. The maximum atomic E-state index is 5.32. The molecule has 3 aromatic rings. The minimum Gasteiger partial charge on any atom is -0.382 e. The van der Waals surface area contributed by atoms with Crippen LogP contribution < -0.4 is 5.32 Å². The van der Waals surface area contributed by atoms with Crippen LogP contribution in [0.3, 0.4) is 0 Å². The van der Waals surface area contributed by atoms with Crippen LogP contribution in [0.2, 0.25) is 0 Å². The van der Waals surface area contributed by atoms with Gasteiger partial charge in [-0.1, -0.05) is 29.8 Å². The van der Waals surface area contributed by atoms with Crippen LogP contribution in [0.25, 0.3) is 11.2 Å². The Balaban J connectivity index is 2.09. The van der Waals surface area contributed by atoms with Gasteiger partial charge in [-0.25, -0.2) is 14.6 Å². The first-order valence-electron chi connectivity index (χ1n) is 8.88. The summed E-state index contributed by atoms with van der Waals surface area (Å²) in [5.41, 5.74) is 6.03. The molecule has 2 aromatic heterocycles. The highest BCUT2D eigenvalue weighted by Gasteiger charge is 2.19. The molecule has 0 aliphatic heterocycles. The second-order valence-corrected chi connectivity index (χ2v) is 6.74. The predicted molar refractivity (Wildman–Crippen MR) is 103 cm³/mol. The number of nitrogens with zero attached hydrogens (tertiary/aromatic N) is 5. The van der Waals surface area contributed by atoms with E-state index >= 15 is 0 Å². The molecule has 0 aliphatic carbocycles. The number of ether oxygens (including phenoxy) is 1. The lowest BCUT2D eigenvalue weighted by atomic mass is 10.1. The number of aromatic nitrogens is 5. The van der Waals surface area contributed by atoms with Gasteiger partial charge in [-0.05, 0) is 45.2 Å². The summed E-state index contributed by atoms with van der Waals surface area (Å²) in [5, 5.41) is 12.1. The van der Waals surface area contributed by atoms with Crippen LogP contribution in [0, 0.1) is 27.7 Å². The van der Waals surface area contributed by atoms with E-state index < -0.39 is 0 Å². The van der Waals surface area contributed by atoms with Crippen molar-refractivity contribution in [3.63, 3.8) is 0 Å². The van der Waals surface area contributed by atoms with E-state index in [1.165, 1.54) is 16.7 Å². The Hall–Kier alpha value is -2.54. The first kappa shape index (κ1) is 18.3. The van der Waals surface area contributed by atoms with E-state index in [1.54, 1.807) is 7.11 Å². The zero-order valence-corrected chi connectivity index (χ0v) is 16.3. The molecule has 0 fully saturated rings. The number of fused-ring (bicyclic) bond motifs is 1. The van der Waals surface area contributed by atoms with Crippen molar-refractivity contribution in [2.45, 2.75) is 47.1 Å². The lowest BCUT2D eigenvalue weighted by Crippen LogP contribution is -2.16. The summed E-state index contributed by atoms with van der Waals surface area (Å²) in [6.07, 6.45) is 0.883. The standard InChI is InChI=1S/C19H26N6O/c1-7-15(10-26-6)25-19-17(23-24-25)18(20-14(5)21-19)22-16-12(3)8-11(2)9-13(16)4/h8-9,15H,7,10H2,1-6H3,(H,20,21,22)/t15-/m1/s1. The predicted octanol–water partition coefficient (Wildman–Crippen LogP) is 3.80.